The Hall–Kier alpha value is -3.47. The summed E-state index contributed by atoms with van der Waals surface area (Å²) >= 11 is 0. The summed E-state index contributed by atoms with van der Waals surface area (Å²) in [6.07, 6.45) is 3.49. The van der Waals surface area contributed by atoms with Crippen LogP contribution in [0.3, 0.4) is 0 Å². The van der Waals surface area contributed by atoms with Gasteiger partial charge in [0.25, 0.3) is 5.91 Å². The molecule has 2 heterocycles. The van der Waals surface area contributed by atoms with Crippen LogP contribution in [-0.4, -0.2) is 20.7 Å². The number of hydrogen-bond donors (Lipinski definition) is 1. The Morgan fingerprint density at radius 3 is 2.58 bits per heavy atom. The van der Waals surface area contributed by atoms with Gasteiger partial charge in [-0.15, -0.1) is 0 Å². The molecule has 0 saturated carbocycles. The highest BCUT2D eigenvalue weighted by atomic mass is 16.2. The van der Waals surface area contributed by atoms with Crippen molar-refractivity contribution in [1.82, 2.24) is 14.8 Å². The molecular weight excluding hydrogens is 324 g/mol. The summed E-state index contributed by atoms with van der Waals surface area (Å²) in [7, 11) is 1.75. The van der Waals surface area contributed by atoms with Gasteiger partial charge in [-0.25, -0.2) is 0 Å². The molecule has 26 heavy (non-hydrogen) atoms. The molecule has 5 nitrogen and oxygen atoms in total. The number of aromatic nitrogens is 3. The average Bonchev–Trinajstić information content (AvgIpc) is 3.09. The van der Waals surface area contributed by atoms with Gasteiger partial charge in [0.15, 0.2) is 0 Å². The molecule has 1 amide bonds. The van der Waals surface area contributed by atoms with Crippen LogP contribution in [0.1, 0.15) is 16.1 Å². The number of hydrogen-bond acceptors (Lipinski definition) is 3. The fourth-order valence-corrected chi connectivity index (χ4v) is 2.99. The lowest BCUT2D eigenvalue weighted by Crippen LogP contribution is -2.16. The van der Waals surface area contributed by atoms with E-state index in [1.165, 1.54) is 0 Å². The van der Waals surface area contributed by atoms with E-state index < -0.39 is 0 Å². The van der Waals surface area contributed by atoms with Gasteiger partial charge in [-0.1, -0.05) is 30.3 Å². The second kappa shape index (κ2) is 6.44. The average molecular weight is 342 g/mol. The van der Waals surface area contributed by atoms with E-state index in [1.807, 2.05) is 43.5 Å². The van der Waals surface area contributed by atoms with Crippen molar-refractivity contribution in [2.45, 2.75) is 6.92 Å². The molecule has 2 aromatic carbocycles. The number of rotatable bonds is 3. The van der Waals surface area contributed by atoms with Gasteiger partial charge in [-0.05, 0) is 42.1 Å². The second-order valence-corrected chi connectivity index (χ2v) is 6.24. The molecule has 0 aliphatic rings. The predicted molar refractivity (Wildman–Crippen MR) is 103 cm³/mol. The molecule has 0 radical (unpaired) electrons. The van der Waals surface area contributed by atoms with Gasteiger partial charge in [-0.2, -0.15) is 5.10 Å². The predicted octanol–water partition coefficient (Wildman–Crippen LogP) is 4.20. The van der Waals surface area contributed by atoms with Crippen LogP contribution >= 0.6 is 0 Å². The Bertz CT molecular complexity index is 1110. The van der Waals surface area contributed by atoms with Crippen LogP contribution in [-0.2, 0) is 7.05 Å². The zero-order chi connectivity index (χ0) is 18.1. The van der Waals surface area contributed by atoms with Gasteiger partial charge < -0.3 is 5.32 Å². The molecule has 0 aliphatic carbocycles. The smallest absolute Gasteiger partial charge is 0.273 e. The summed E-state index contributed by atoms with van der Waals surface area (Å²) in [6, 6.07) is 17.9. The van der Waals surface area contributed by atoms with Crippen LogP contribution in [0.5, 0.6) is 0 Å². The Balaban J connectivity index is 1.63. The summed E-state index contributed by atoms with van der Waals surface area (Å²) in [5, 5.41) is 9.24. The number of carbonyl (C=O) groups excluding carboxylic acids is 1. The van der Waals surface area contributed by atoms with Gasteiger partial charge in [0.2, 0.25) is 0 Å². The monoisotopic (exact) mass is 342 g/mol. The molecule has 4 rings (SSSR count). The highest BCUT2D eigenvalue weighted by Gasteiger charge is 2.12. The Kier molecular flexibility index (Phi) is 3.97. The summed E-state index contributed by atoms with van der Waals surface area (Å²) in [4.78, 5) is 16.9. The molecule has 1 N–H and O–H groups in total. The third-order valence-corrected chi connectivity index (χ3v) is 4.45. The minimum atomic E-state index is -0.176. The van der Waals surface area contributed by atoms with Gasteiger partial charge in [-0.3, -0.25) is 14.5 Å². The molecule has 0 fully saturated rings. The van der Waals surface area contributed by atoms with E-state index in [4.69, 9.17) is 0 Å². The van der Waals surface area contributed by atoms with Crippen molar-refractivity contribution in [3.05, 3.63) is 78.2 Å². The van der Waals surface area contributed by atoms with Gasteiger partial charge in [0, 0.05) is 36.1 Å². The Labute approximate surface area is 151 Å². The molecule has 128 valence electrons. The first-order chi connectivity index (χ1) is 12.6. The van der Waals surface area contributed by atoms with Crippen molar-refractivity contribution < 1.29 is 4.79 Å². The minimum absolute atomic E-state index is 0.176. The van der Waals surface area contributed by atoms with E-state index in [9.17, 15) is 4.79 Å². The quantitative estimate of drug-likeness (QED) is 0.607. The van der Waals surface area contributed by atoms with E-state index in [2.05, 4.69) is 33.6 Å². The molecule has 0 spiro atoms. The highest BCUT2D eigenvalue weighted by molar-refractivity contribution is 6.03. The maximum absolute atomic E-state index is 12.4. The maximum Gasteiger partial charge on any atom is 0.273 e. The fraction of sp³-hybridized carbons (Fsp3) is 0.0952. The molecule has 0 aliphatic heterocycles. The summed E-state index contributed by atoms with van der Waals surface area (Å²) < 4.78 is 1.55. The van der Waals surface area contributed by atoms with Crippen LogP contribution in [0.2, 0.25) is 0 Å². The number of nitrogens with one attached hydrogen (secondary N) is 1. The highest BCUT2D eigenvalue weighted by Crippen LogP contribution is 2.26. The molecule has 0 bridgehead atoms. The fourth-order valence-electron chi connectivity index (χ4n) is 2.99. The normalized spacial score (nSPS) is 10.8. The zero-order valence-electron chi connectivity index (χ0n) is 14.6. The molecule has 0 atom stereocenters. The number of anilines is 1. The first-order valence-electron chi connectivity index (χ1n) is 8.37. The number of aryl methyl sites for hydroxylation is 2. The number of pyridine rings is 1. The first kappa shape index (κ1) is 16.0. The summed E-state index contributed by atoms with van der Waals surface area (Å²) in [6.45, 7) is 1.98. The molecule has 4 aromatic rings. The van der Waals surface area contributed by atoms with Crippen molar-refractivity contribution in [3.63, 3.8) is 0 Å². The first-order valence-corrected chi connectivity index (χ1v) is 8.37. The topological polar surface area (TPSA) is 59.8 Å². The van der Waals surface area contributed by atoms with E-state index in [1.54, 1.807) is 24.0 Å². The second-order valence-electron chi connectivity index (χ2n) is 6.24. The van der Waals surface area contributed by atoms with Crippen molar-refractivity contribution in [2.24, 2.45) is 7.05 Å². The molecule has 0 unspecified atom stereocenters. The van der Waals surface area contributed by atoms with Gasteiger partial charge in [0.05, 0.1) is 5.69 Å². The largest absolute Gasteiger partial charge is 0.320 e. The van der Waals surface area contributed by atoms with Gasteiger partial charge >= 0.3 is 0 Å². The number of fused-ring (bicyclic) bond motifs is 1. The molecule has 5 heteroatoms. The lowest BCUT2D eigenvalue weighted by atomic mass is 10.0. The maximum atomic E-state index is 12.4. The van der Waals surface area contributed by atoms with Crippen molar-refractivity contribution in [2.75, 3.05) is 5.32 Å². The van der Waals surface area contributed by atoms with Crippen LogP contribution in [0.25, 0.3) is 22.0 Å². The molecular formula is C21H18N4O. The van der Waals surface area contributed by atoms with E-state index in [0.29, 0.717) is 5.69 Å². The zero-order valence-corrected chi connectivity index (χ0v) is 14.6. The SMILES string of the molecule is Cc1cc(-c2cc3ccccc3cn2)ccc1NC(=O)c1ccnn1C. The number of nitrogens with zero attached hydrogens (tertiary/aromatic N) is 3. The standard InChI is InChI=1S/C21H18N4O/c1-14-11-16(19-12-15-5-3-4-6-17(15)13-22-19)7-8-18(14)24-21(26)20-9-10-23-25(20)2/h3-13H,1-2H3,(H,24,26). The molecule has 2 aromatic heterocycles. The molecule has 0 saturated heterocycles. The lowest BCUT2D eigenvalue weighted by molar-refractivity contribution is 0.101. The van der Waals surface area contributed by atoms with Crippen LogP contribution in [0.15, 0.2) is 67.0 Å². The third kappa shape index (κ3) is 2.95. The third-order valence-electron chi connectivity index (χ3n) is 4.45. The van der Waals surface area contributed by atoms with Gasteiger partial charge in [0.1, 0.15) is 5.69 Å². The number of carbonyl (C=O) groups is 1. The number of amides is 1. The van der Waals surface area contributed by atoms with Crippen molar-refractivity contribution >= 4 is 22.4 Å². The summed E-state index contributed by atoms with van der Waals surface area (Å²) in [5.41, 5.74) is 4.21. The van der Waals surface area contributed by atoms with Crippen LogP contribution in [0.4, 0.5) is 5.69 Å². The number of benzene rings is 2. The Morgan fingerprint density at radius 1 is 1.04 bits per heavy atom. The Morgan fingerprint density at radius 2 is 1.85 bits per heavy atom. The lowest BCUT2D eigenvalue weighted by Gasteiger charge is -2.11. The van der Waals surface area contributed by atoms with E-state index in [0.717, 1.165) is 33.3 Å². The van der Waals surface area contributed by atoms with Crippen LogP contribution in [0, 0.1) is 6.92 Å². The van der Waals surface area contributed by atoms with Crippen molar-refractivity contribution in [3.8, 4) is 11.3 Å². The summed E-state index contributed by atoms with van der Waals surface area (Å²) in [5.74, 6) is -0.176. The van der Waals surface area contributed by atoms with Crippen molar-refractivity contribution in [1.29, 1.82) is 0 Å². The van der Waals surface area contributed by atoms with Crippen LogP contribution < -0.4 is 5.32 Å². The van der Waals surface area contributed by atoms with E-state index in [-0.39, 0.29) is 5.91 Å². The minimum Gasteiger partial charge on any atom is -0.320 e. The van der Waals surface area contributed by atoms with E-state index >= 15 is 0 Å².